The maximum atomic E-state index is 14.4. The quantitative estimate of drug-likeness (QED) is 0.134. The molecule has 0 saturated carbocycles. The Balaban J connectivity index is 1.36. The Bertz CT molecular complexity index is 2350. The lowest BCUT2D eigenvalue weighted by atomic mass is 9.97. The first kappa shape index (κ1) is 37.9. The van der Waals surface area contributed by atoms with E-state index in [1.807, 2.05) is 52.2 Å². The number of aryl methyl sites for hydroxylation is 6. The van der Waals surface area contributed by atoms with Crippen LogP contribution in [0.25, 0.3) is 32.8 Å². The molecule has 54 heavy (non-hydrogen) atoms. The fourth-order valence-electron chi connectivity index (χ4n) is 7.60. The van der Waals surface area contributed by atoms with Crippen LogP contribution in [-0.2, 0) is 65.1 Å². The fraction of sp³-hybridized carbons (Fsp3) is 0.375. The zero-order valence-corrected chi connectivity index (χ0v) is 32.4. The summed E-state index contributed by atoms with van der Waals surface area (Å²) < 4.78 is 51.2. The van der Waals surface area contributed by atoms with Crippen LogP contribution in [0.4, 0.5) is 4.39 Å². The normalized spacial score (nSPS) is 15.4. The second-order valence-corrected chi connectivity index (χ2v) is 15.5. The number of benzene rings is 3. The highest BCUT2D eigenvalue weighted by molar-refractivity contribution is 7.89. The molecule has 0 spiro atoms. The van der Waals surface area contributed by atoms with Crippen LogP contribution in [-0.4, -0.2) is 73.3 Å². The van der Waals surface area contributed by atoms with Crippen LogP contribution in [0.1, 0.15) is 50.8 Å². The molecule has 1 aliphatic rings. The molecular weight excluding hydrogens is 733 g/mol. The molecule has 8 bridgehead atoms. The van der Waals surface area contributed by atoms with E-state index in [1.165, 1.54) is 12.1 Å². The average molecular weight is 776 g/mol. The van der Waals surface area contributed by atoms with E-state index in [9.17, 15) is 18.8 Å². The van der Waals surface area contributed by atoms with E-state index in [1.54, 1.807) is 26.2 Å². The molecule has 0 saturated heterocycles. The maximum absolute atomic E-state index is 14.4. The summed E-state index contributed by atoms with van der Waals surface area (Å²) in [5.41, 5.74) is 6.88. The summed E-state index contributed by atoms with van der Waals surface area (Å²) in [6.07, 6.45) is 1.81. The fourth-order valence-corrected chi connectivity index (χ4v) is 9.02. The summed E-state index contributed by atoms with van der Waals surface area (Å²) in [6, 6.07) is 14.3. The predicted molar refractivity (Wildman–Crippen MR) is 207 cm³/mol. The average Bonchev–Trinajstić information content (AvgIpc) is 3.73. The van der Waals surface area contributed by atoms with E-state index < -0.39 is 17.1 Å². The van der Waals surface area contributed by atoms with Crippen molar-refractivity contribution in [3.05, 3.63) is 99.0 Å². The monoisotopic (exact) mass is 775 g/mol. The van der Waals surface area contributed by atoms with Crippen LogP contribution in [0, 0.1) is 19.7 Å². The second kappa shape index (κ2) is 16.1. The van der Waals surface area contributed by atoms with E-state index in [0.717, 1.165) is 33.3 Å². The first-order chi connectivity index (χ1) is 26.0. The maximum Gasteiger partial charge on any atom is 0.352 e. The van der Waals surface area contributed by atoms with Crippen molar-refractivity contribution in [3.8, 4) is 16.9 Å². The third-order valence-corrected chi connectivity index (χ3v) is 11.5. The van der Waals surface area contributed by atoms with Crippen molar-refractivity contribution in [1.29, 1.82) is 0 Å². The van der Waals surface area contributed by atoms with E-state index in [0.29, 0.717) is 103 Å². The lowest BCUT2D eigenvalue weighted by Gasteiger charge is -2.16. The van der Waals surface area contributed by atoms with Gasteiger partial charge in [-0.3, -0.25) is 9.36 Å². The molecule has 0 unspecified atom stereocenters. The highest BCUT2D eigenvalue weighted by atomic mass is 35.5. The summed E-state index contributed by atoms with van der Waals surface area (Å²) in [7, 11) is 3.50. The number of carbonyl (C=O) groups is 1. The molecule has 1 aliphatic heterocycles. The molecule has 0 radical (unpaired) electrons. The van der Waals surface area contributed by atoms with Gasteiger partial charge in [-0.1, -0.05) is 17.7 Å². The molecule has 1 atom stereocenters. The van der Waals surface area contributed by atoms with Crippen molar-refractivity contribution in [3.63, 3.8) is 0 Å². The van der Waals surface area contributed by atoms with Gasteiger partial charge in [-0.2, -0.15) is 10.2 Å². The van der Waals surface area contributed by atoms with Crippen LogP contribution in [0.2, 0.25) is 5.02 Å². The molecular formula is C40H43ClFN5O6S. The van der Waals surface area contributed by atoms with E-state index in [-0.39, 0.29) is 23.0 Å². The van der Waals surface area contributed by atoms with Gasteiger partial charge in [0.2, 0.25) is 0 Å². The Morgan fingerprint density at radius 3 is 2.69 bits per heavy atom. The number of hydrogen-bond acceptors (Lipinski definition) is 7. The van der Waals surface area contributed by atoms with E-state index >= 15 is 0 Å². The van der Waals surface area contributed by atoms with Gasteiger partial charge < -0.3 is 28.4 Å². The summed E-state index contributed by atoms with van der Waals surface area (Å²) >= 11 is 5.65. The van der Waals surface area contributed by atoms with E-state index in [4.69, 9.17) is 36.0 Å². The van der Waals surface area contributed by atoms with Crippen molar-refractivity contribution in [2.24, 2.45) is 7.05 Å². The number of nitrogens with zero attached hydrogens (tertiary/aromatic N) is 5. The first-order valence-electron chi connectivity index (χ1n) is 17.9. The van der Waals surface area contributed by atoms with Crippen LogP contribution >= 0.6 is 11.6 Å². The van der Waals surface area contributed by atoms with Crippen molar-refractivity contribution in [2.45, 2.75) is 57.7 Å². The highest BCUT2D eigenvalue weighted by Gasteiger charge is 2.29. The number of aromatic nitrogens is 5. The summed E-state index contributed by atoms with van der Waals surface area (Å²) in [6.45, 7) is 5.99. The number of fused-ring (bicyclic) bond motifs is 8. The molecule has 7 rings (SSSR count). The molecule has 3 aromatic carbocycles. The zero-order chi connectivity index (χ0) is 38.1. The molecule has 0 amide bonds. The van der Waals surface area contributed by atoms with Crippen molar-refractivity contribution >= 4 is 50.4 Å². The molecule has 0 fully saturated rings. The Hall–Kier alpha value is -4.40. The molecule has 284 valence electrons. The van der Waals surface area contributed by atoms with Crippen LogP contribution in [0.5, 0.6) is 5.75 Å². The van der Waals surface area contributed by atoms with Gasteiger partial charge in [-0.25, -0.2) is 9.18 Å². The van der Waals surface area contributed by atoms with Gasteiger partial charge in [-0.15, -0.1) is 0 Å². The Morgan fingerprint density at radius 2 is 1.89 bits per heavy atom. The van der Waals surface area contributed by atoms with Gasteiger partial charge in [-0.05, 0) is 103 Å². The Labute approximate surface area is 320 Å². The number of carboxylic acid groups (broad SMARTS) is 1. The zero-order valence-electron chi connectivity index (χ0n) is 30.8. The van der Waals surface area contributed by atoms with Crippen molar-refractivity contribution < 1.29 is 33.1 Å². The Morgan fingerprint density at radius 1 is 1.06 bits per heavy atom. The van der Waals surface area contributed by atoms with Gasteiger partial charge in [0.1, 0.15) is 34.5 Å². The topological polar surface area (TPSA) is 129 Å². The smallest absolute Gasteiger partial charge is 0.352 e. The third kappa shape index (κ3) is 7.60. The first-order valence-corrected chi connectivity index (χ1v) is 19.8. The lowest BCUT2D eigenvalue weighted by molar-refractivity contribution is 0.0651. The largest absolute Gasteiger partial charge is 0.616 e. The minimum Gasteiger partial charge on any atom is -0.616 e. The lowest BCUT2D eigenvalue weighted by Crippen LogP contribution is -2.16. The number of halogens is 2. The van der Waals surface area contributed by atoms with Crippen LogP contribution in [0.3, 0.4) is 0 Å². The summed E-state index contributed by atoms with van der Waals surface area (Å²) in [4.78, 5) is 12.9. The van der Waals surface area contributed by atoms with Gasteiger partial charge in [0, 0.05) is 58.8 Å². The third-order valence-electron chi connectivity index (χ3n) is 10.0. The van der Waals surface area contributed by atoms with Crippen LogP contribution < -0.4 is 4.74 Å². The molecule has 4 heterocycles. The predicted octanol–water partition coefficient (Wildman–Crippen LogP) is 7.18. The number of rotatable bonds is 7. The minimum atomic E-state index is -1.41. The number of hydrogen-bond donors (Lipinski definition) is 1. The van der Waals surface area contributed by atoms with Crippen LogP contribution in [0.15, 0.2) is 48.5 Å². The SMILES string of the molecule is COCCOCCn1nc(C)c2c1C[S@@+]([O-])Cc1cc(n(C)n1)CCc1cc(c3ccc(F)cc3c1)OCCCn1c(C(=O)O)c(C)c3c-2c(Cl)ccc31. The molecule has 3 aromatic heterocycles. The van der Waals surface area contributed by atoms with Gasteiger partial charge in [0.25, 0.3) is 0 Å². The van der Waals surface area contributed by atoms with Gasteiger partial charge in [0.05, 0.1) is 44.4 Å². The molecule has 11 nitrogen and oxygen atoms in total. The molecule has 14 heteroatoms. The summed E-state index contributed by atoms with van der Waals surface area (Å²) in [5, 5.41) is 22.8. The van der Waals surface area contributed by atoms with Crippen molar-refractivity contribution in [2.75, 3.05) is 33.5 Å². The van der Waals surface area contributed by atoms with Gasteiger partial charge >= 0.3 is 5.97 Å². The molecule has 0 aliphatic carbocycles. The number of ether oxygens (including phenoxy) is 3. The standard InChI is InChI=1S/C40H43ClFN5O6S/c1-24-36-33-11-10-32(41)38(36)37-25(2)43-47(13-15-52-17-16-51-4)34(37)23-54(50)22-29-21-30(45(3)44-29)8-6-26-18-27-20-28(42)7-9-31(27)35(19-26)53-14-5-12-46(33)39(24)40(48)49/h7,9-11,18-21H,5-6,8,12-17,22-23H2,1-4H3,(H,48,49)/t54-/m0/s1. The van der Waals surface area contributed by atoms with E-state index in [2.05, 4.69) is 0 Å². The number of carboxylic acids is 1. The van der Waals surface area contributed by atoms with Gasteiger partial charge in [0.15, 0.2) is 0 Å². The Kier molecular flexibility index (Phi) is 11.3. The van der Waals surface area contributed by atoms with Crippen molar-refractivity contribution in [1.82, 2.24) is 24.1 Å². The number of aromatic carboxylic acids is 1. The molecule has 1 N–H and O–H groups in total. The number of methoxy groups -OCH3 is 1. The highest BCUT2D eigenvalue weighted by Crippen LogP contribution is 2.43. The molecule has 6 aromatic rings. The second-order valence-electron chi connectivity index (χ2n) is 13.6. The summed E-state index contributed by atoms with van der Waals surface area (Å²) in [5.74, 6) is -0.376. The minimum absolute atomic E-state index is 0.159.